The van der Waals surface area contributed by atoms with Crippen molar-refractivity contribution in [2.24, 2.45) is 0 Å². The van der Waals surface area contributed by atoms with Crippen molar-refractivity contribution in [1.29, 1.82) is 0 Å². The molecule has 4 heterocycles. The monoisotopic (exact) mass is 830 g/mol. The maximum atomic E-state index is 13.8. The van der Waals surface area contributed by atoms with Crippen molar-refractivity contribution in [3.05, 3.63) is 120 Å². The van der Waals surface area contributed by atoms with E-state index in [0.29, 0.717) is 34.0 Å². The van der Waals surface area contributed by atoms with Crippen LogP contribution in [0, 0.1) is 11.6 Å². The summed E-state index contributed by atoms with van der Waals surface area (Å²) in [7, 11) is 0. The number of hydrogen-bond donors (Lipinski definition) is 2. The first kappa shape index (κ1) is 46.0. The van der Waals surface area contributed by atoms with Gasteiger partial charge in [-0.05, 0) is 149 Å². The second kappa shape index (κ2) is 17.5. The molecule has 2 amide bonds. The predicted octanol–water partition coefficient (Wildman–Crippen LogP) is 11.2. The minimum Gasteiger partial charge on any atom is -0.347 e. The zero-order valence-electron chi connectivity index (χ0n) is 38.0. The Kier molecular flexibility index (Phi) is 13.2. The summed E-state index contributed by atoms with van der Waals surface area (Å²) < 4.78 is 31.0. The lowest BCUT2D eigenvalue weighted by molar-refractivity contribution is 0.0910. The van der Waals surface area contributed by atoms with E-state index < -0.39 is 17.2 Å². The van der Waals surface area contributed by atoms with E-state index in [1.54, 1.807) is 24.5 Å². The summed E-state index contributed by atoms with van der Waals surface area (Å²) in [6, 6.07) is 22.7. The Hall–Kier alpha value is -6.04. The summed E-state index contributed by atoms with van der Waals surface area (Å²) in [6.07, 6.45) is 3.45. The van der Waals surface area contributed by atoms with Crippen LogP contribution in [0.1, 0.15) is 129 Å². The molecule has 10 nitrogen and oxygen atoms in total. The zero-order valence-corrected chi connectivity index (χ0v) is 38.0. The van der Waals surface area contributed by atoms with Crippen molar-refractivity contribution in [2.75, 3.05) is 0 Å². The van der Waals surface area contributed by atoms with Crippen molar-refractivity contribution in [3.63, 3.8) is 0 Å². The number of benzene rings is 2. The normalized spacial score (nSPS) is 12.2. The molecule has 4 aromatic heterocycles. The van der Waals surface area contributed by atoms with Crippen LogP contribution in [-0.2, 0) is 11.1 Å². The smallest absolute Gasteiger partial charge is 0.251 e. The molecule has 2 aromatic carbocycles. The number of carbonyl (C=O) groups excluding carboxylic acids is 2. The highest BCUT2D eigenvalue weighted by Crippen LogP contribution is 2.31. The quantitative estimate of drug-likeness (QED) is 0.165. The first-order valence-electron chi connectivity index (χ1n) is 20.5. The van der Waals surface area contributed by atoms with Crippen molar-refractivity contribution in [2.45, 2.75) is 125 Å². The highest BCUT2D eigenvalue weighted by molar-refractivity contribution is 5.97. The Morgan fingerprint density at radius 1 is 0.525 bits per heavy atom. The summed E-state index contributed by atoms with van der Waals surface area (Å²) in [4.78, 5) is 35.5. The van der Waals surface area contributed by atoms with Gasteiger partial charge in [-0.1, -0.05) is 38.1 Å². The lowest BCUT2D eigenvalue weighted by Crippen LogP contribution is -2.40. The molecule has 0 saturated heterocycles. The van der Waals surface area contributed by atoms with Gasteiger partial charge in [0, 0.05) is 45.7 Å². The standard InChI is InChI=1S/C26H34N4O.C23H26F2N4O/c1-17(2)18-9-11-19(12-10-18)21-15-20(24(31)29-25(3,4)5)16-22(28-21)23-13-14-27-30(23)26(6,7)8;1-22(2,3)28-21(30)15-12-18(14-7-8-16(24)17(25)11-14)27-19(13-15)20-9-10-26-29(20)23(4,5)6/h9-17H,1-8H3,(H,29,31);7-13H,1-6H3,(H,28,30). The van der Waals surface area contributed by atoms with Crippen molar-refractivity contribution in [1.82, 2.24) is 40.2 Å². The third-order valence-electron chi connectivity index (χ3n) is 9.32. The lowest BCUT2D eigenvalue weighted by Gasteiger charge is -2.23. The molecule has 0 saturated carbocycles. The van der Waals surface area contributed by atoms with E-state index >= 15 is 0 Å². The van der Waals surface area contributed by atoms with E-state index in [2.05, 4.69) is 84.7 Å². The molecule has 6 aromatic rings. The molecule has 322 valence electrons. The second-order valence-corrected chi connectivity index (χ2v) is 19.7. The summed E-state index contributed by atoms with van der Waals surface area (Å²) in [5, 5.41) is 14.9. The van der Waals surface area contributed by atoms with Crippen LogP contribution in [0.15, 0.2) is 91.3 Å². The summed E-state index contributed by atoms with van der Waals surface area (Å²) >= 11 is 0. The maximum Gasteiger partial charge on any atom is 0.251 e. The molecule has 0 aliphatic rings. The number of nitrogens with zero attached hydrogens (tertiary/aromatic N) is 6. The zero-order chi connectivity index (χ0) is 45.2. The van der Waals surface area contributed by atoms with Gasteiger partial charge in [0.1, 0.15) is 0 Å². The molecule has 0 fully saturated rings. The van der Waals surface area contributed by atoms with Gasteiger partial charge in [0.05, 0.1) is 45.2 Å². The van der Waals surface area contributed by atoms with Gasteiger partial charge in [-0.3, -0.25) is 19.0 Å². The first-order valence-corrected chi connectivity index (χ1v) is 20.5. The van der Waals surface area contributed by atoms with Gasteiger partial charge < -0.3 is 10.6 Å². The first-order chi connectivity index (χ1) is 28.2. The predicted molar refractivity (Wildman–Crippen MR) is 240 cm³/mol. The van der Waals surface area contributed by atoms with Crippen LogP contribution in [0.2, 0.25) is 0 Å². The number of aromatic nitrogens is 6. The molecule has 12 heteroatoms. The van der Waals surface area contributed by atoms with E-state index in [0.717, 1.165) is 40.5 Å². The topological polar surface area (TPSA) is 120 Å². The average molecular weight is 831 g/mol. The van der Waals surface area contributed by atoms with Crippen LogP contribution in [0.25, 0.3) is 45.3 Å². The van der Waals surface area contributed by atoms with Crippen LogP contribution < -0.4 is 10.6 Å². The fraction of sp³-hybridized carbons (Fsp3) is 0.388. The van der Waals surface area contributed by atoms with Crippen LogP contribution >= 0.6 is 0 Å². The van der Waals surface area contributed by atoms with Crippen molar-refractivity contribution >= 4 is 11.8 Å². The lowest BCUT2D eigenvalue weighted by atomic mass is 9.99. The summed E-state index contributed by atoms with van der Waals surface area (Å²) in [6.45, 7) is 28.3. The Morgan fingerprint density at radius 2 is 0.918 bits per heavy atom. The summed E-state index contributed by atoms with van der Waals surface area (Å²) in [5.41, 5.74) is 6.31. The second-order valence-electron chi connectivity index (χ2n) is 19.7. The molecule has 0 aliphatic carbocycles. The molecule has 2 N–H and O–H groups in total. The van der Waals surface area contributed by atoms with E-state index in [1.165, 1.54) is 11.6 Å². The molecule has 61 heavy (non-hydrogen) atoms. The number of hydrogen-bond acceptors (Lipinski definition) is 6. The molecular formula is C49H60F2N8O2. The van der Waals surface area contributed by atoms with Gasteiger partial charge in [0.15, 0.2) is 11.6 Å². The number of halogens is 2. The van der Waals surface area contributed by atoms with Gasteiger partial charge in [-0.25, -0.2) is 18.7 Å². The highest BCUT2D eigenvalue weighted by Gasteiger charge is 2.24. The van der Waals surface area contributed by atoms with Gasteiger partial charge in [-0.15, -0.1) is 0 Å². The van der Waals surface area contributed by atoms with E-state index in [4.69, 9.17) is 4.98 Å². The Balaban J connectivity index is 0.000000231. The Bertz CT molecular complexity index is 2510. The number of nitrogens with one attached hydrogen (secondary N) is 2. The molecule has 6 rings (SSSR count). The number of carbonyl (C=O) groups is 2. The molecule has 0 radical (unpaired) electrons. The molecule has 0 bridgehead atoms. The SMILES string of the molecule is CC(C)(C)NC(=O)c1cc(-c2ccc(F)c(F)c2)nc(-c2ccnn2C(C)(C)C)c1.CC(C)c1ccc(-c2cc(C(=O)NC(C)(C)C)cc(-c3ccnn3C(C)(C)C)n2)cc1. The molecule has 0 aliphatic heterocycles. The van der Waals surface area contributed by atoms with Gasteiger partial charge in [0.2, 0.25) is 0 Å². The van der Waals surface area contributed by atoms with Crippen molar-refractivity contribution < 1.29 is 18.4 Å². The number of rotatable bonds is 7. The largest absolute Gasteiger partial charge is 0.347 e. The number of pyridine rings is 2. The molecular weight excluding hydrogens is 771 g/mol. The highest BCUT2D eigenvalue weighted by atomic mass is 19.2. The Morgan fingerprint density at radius 3 is 1.30 bits per heavy atom. The summed E-state index contributed by atoms with van der Waals surface area (Å²) in [5.74, 6) is -1.84. The fourth-order valence-electron chi connectivity index (χ4n) is 6.46. The minimum absolute atomic E-state index is 0.113. The number of amides is 2. The van der Waals surface area contributed by atoms with Gasteiger partial charge in [0.25, 0.3) is 11.8 Å². The molecule has 0 atom stereocenters. The Labute approximate surface area is 359 Å². The van der Waals surface area contributed by atoms with Crippen LogP contribution in [-0.4, -0.2) is 52.4 Å². The van der Waals surface area contributed by atoms with E-state index in [1.807, 2.05) is 95.9 Å². The van der Waals surface area contributed by atoms with Gasteiger partial charge >= 0.3 is 0 Å². The third-order valence-corrected chi connectivity index (χ3v) is 9.32. The molecule has 0 unspecified atom stereocenters. The maximum absolute atomic E-state index is 13.8. The van der Waals surface area contributed by atoms with Crippen LogP contribution in [0.4, 0.5) is 8.78 Å². The van der Waals surface area contributed by atoms with Crippen LogP contribution in [0.3, 0.4) is 0 Å². The fourth-order valence-corrected chi connectivity index (χ4v) is 6.46. The minimum atomic E-state index is -0.972. The van der Waals surface area contributed by atoms with E-state index in [-0.39, 0.29) is 28.4 Å². The average Bonchev–Trinajstić information content (AvgIpc) is 3.86. The van der Waals surface area contributed by atoms with E-state index in [9.17, 15) is 18.4 Å². The molecule has 0 spiro atoms. The van der Waals surface area contributed by atoms with Gasteiger partial charge in [-0.2, -0.15) is 10.2 Å². The van der Waals surface area contributed by atoms with Crippen LogP contribution in [0.5, 0.6) is 0 Å². The third kappa shape index (κ3) is 11.8. The van der Waals surface area contributed by atoms with Crippen molar-refractivity contribution in [3.8, 4) is 45.3 Å².